The quantitative estimate of drug-likeness (QED) is 0.134. The molecule has 50 heavy (non-hydrogen) atoms. The van der Waals surface area contributed by atoms with Crippen LogP contribution in [0.5, 0.6) is 0 Å². The summed E-state index contributed by atoms with van der Waals surface area (Å²) in [4.78, 5) is 0. The number of hydrogen-bond acceptors (Lipinski definition) is 0. The van der Waals surface area contributed by atoms with Crippen molar-refractivity contribution in [3.8, 4) is 44.5 Å². The summed E-state index contributed by atoms with van der Waals surface area (Å²) in [5.41, 5.74) is 9.95. The third kappa shape index (κ3) is 4.46. The third-order valence-corrected chi connectivity index (χ3v) is 10.5. The van der Waals surface area contributed by atoms with E-state index in [0.717, 1.165) is 0 Å². The van der Waals surface area contributed by atoms with Crippen LogP contribution in [0.3, 0.4) is 0 Å². The SMILES string of the molecule is c1ccc(-c2ccc(-c3c4ccccc4c(-c4ccccc4-c4ccc5c6ccccc6c6ccccc6c5c4)c4ccccc34)cc2)cc1. The predicted octanol–water partition coefficient (Wildman–Crippen LogP) is 14.1. The Kier molecular flexibility index (Phi) is 6.60. The van der Waals surface area contributed by atoms with Gasteiger partial charge in [0.1, 0.15) is 0 Å². The molecule has 0 spiro atoms. The molecule has 10 rings (SSSR count). The van der Waals surface area contributed by atoms with Gasteiger partial charge >= 0.3 is 0 Å². The number of rotatable bonds is 4. The topological polar surface area (TPSA) is 0 Å². The van der Waals surface area contributed by atoms with E-state index in [0.29, 0.717) is 0 Å². The zero-order valence-electron chi connectivity index (χ0n) is 27.5. The first-order valence-corrected chi connectivity index (χ1v) is 17.4. The molecular weight excluding hydrogens is 601 g/mol. The monoisotopic (exact) mass is 632 g/mol. The maximum absolute atomic E-state index is 2.41. The molecule has 0 heteroatoms. The van der Waals surface area contributed by atoms with Gasteiger partial charge in [0, 0.05) is 0 Å². The zero-order valence-corrected chi connectivity index (χ0v) is 27.5. The van der Waals surface area contributed by atoms with Gasteiger partial charge in [-0.25, -0.2) is 0 Å². The number of fused-ring (bicyclic) bond motifs is 8. The van der Waals surface area contributed by atoms with Crippen LogP contribution in [0.4, 0.5) is 0 Å². The van der Waals surface area contributed by atoms with Crippen molar-refractivity contribution in [2.75, 3.05) is 0 Å². The Bertz CT molecular complexity index is 2800. The lowest BCUT2D eigenvalue weighted by Gasteiger charge is -2.20. The van der Waals surface area contributed by atoms with Crippen LogP contribution in [0.2, 0.25) is 0 Å². The van der Waals surface area contributed by atoms with Gasteiger partial charge < -0.3 is 0 Å². The molecule has 0 aromatic heterocycles. The second kappa shape index (κ2) is 11.6. The largest absolute Gasteiger partial charge is 0.0622 e. The highest BCUT2D eigenvalue weighted by Gasteiger charge is 2.19. The van der Waals surface area contributed by atoms with Gasteiger partial charge in [-0.1, -0.05) is 188 Å². The van der Waals surface area contributed by atoms with E-state index in [-0.39, 0.29) is 0 Å². The van der Waals surface area contributed by atoms with Crippen LogP contribution in [0, 0.1) is 0 Å². The van der Waals surface area contributed by atoms with Crippen molar-refractivity contribution in [1.82, 2.24) is 0 Å². The summed E-state index contributed by atoms with van der Waals surface area (Å²) in [7, 11) is 0. The molecule has 232 valence electrons. The molecule has 0 fully saturated rings. The van der Waals surface area contributed by atoms with E-state index in [9.17, 15) is 0 Å². The minimum Gasteiger partial charge on any atom is -0.0622 e. The molecule has 0 radical (unpaired) electrons. The summed E-state index contributed by atoms with van der Waals surface area (Å²) in [6.45, 7) is 0. The molecule has 0 atom stereocenters. The first-order valence-electron chi connectivity index (χ1n) is 17.4. The first kappa shape index (κ1) is 28.5. The van der Waals surface area contributed by atoms with Gasteiger partial charge in [0.15, 0.2) is 0 Å². The van der Waals surface area contributed by atoms with E-state index in [2.05, 4.69) is 194 Å². The molecule has 0 amide bonds. The molecule has 0 saturated carbocycles. The Morgan fingerprint density at radius 3 is 1.10 bits per heavy atom. The van der Waals surface area contributed by atoms with Gasteiger partial charge in [0.25, 0.3) is 0 Å². The summed E-state index contributed by atoms with van der Waals surface area (Å²) < 4.78 is 0. The fraction of sp³-hybridized carbons (Fsp3) is 0. The first-order chi connectivity index (χ1) is 24.8. The fourth-order valence-electron chi connectivity index (χ4n) is 8.22. The number of hydrogen-bond donors (Lipinski definition) is 0. The summed E-state index contributed by atoms with van der Waals surface area (Å²) in [5.74, 6) is 0. The molecule has 0 aliphatic heterocycles. The van der Waals surface area contributed by atoms with Gasteiger partial charge in [-0.2, -0.15) is 0 Å². The van der Waals surface area contributed by atoms with E-state index in [4.69, 9.17) is 0 Å². The maximum atomic E-state index is 2.41. The van der Waals surface area contributed by atoms with Crippen molar-refractivity contribution in [2.45, 2.75) is 0 Å². The Morgan fingerprint density at radius 1 is 0.180 bits per heavy atom. The minimum absolute atomic E-state index is 1.22. The smallest absolute Gasteiger partial charge is 0.00201 e. The standard InChI is InChI=1S/C50H32/c1-2-14-33(15-3-1)34-26-28-35(29-27-34)49-44-22-10-12-24-46(44)50(47-25-13-11-23-45(47)49)43-21-9-4-16-37(43)36-30-31-42-40-19-6-5-17-38(40)39-18-7-8-20-41(39)48(42)32-36/h1-32H. The molecule has 0 N–H and O–H groups in total. The average Bonchev–Trinajstić information content (AvgIpc) is 3.20. The summed E-state index contributed by atoms with van der Waals surface area (Å²) in [6, 6.07) is 71.2. The van der Waals surface area contributed by atoms with Gasteiger partial charge in [0.2, 0.25) is 0 Å². The molecule has 10 aromatic rings. The van der Waals surface area contributed by atoms with E-state index in [1.54, 1.807) is 0 Å². The van der Waals surface area contributed by atoms with Crippen LogP contribution >= 0.6 is 0 Å². The zero-order chi connectivity index (χ0) is 33.0. The summed E-state index contributed by atoms with van der Waals surface area (Å²) in [6.07, 6.45) is 0. The van der Waals surface area contributed by atoms with E-state index < -0.39 is 0 Å². The Hall–Kier alpha value is -6.50. The molecule has 0 nitrogen and oxygen atoms in total. The Labute approximate surface area is 291 Å². The molecule has 0 heterocycles. The molecule has 10 aromatic carbocycles. The molecule has 0 aliphatic rings. The minimum atomic E-state index is 1.22. The van der Waals surface area contributed by atoms with E-state index >= 15 is 0 Å². The lowest BCUT2D eigenvalue weighted by molar-refractivity contribution is 1.61. The second-order valence-corrected chi connectivity index (χ2v) is 13.2. The summed E-state index contributed by atoms with van der Waals surface area (Å²) >= 11 is 0. The Balaban J connectivity index is 1.22. The highest BCUT2D eigenvalue weighted by atomic mass is 14.2. The van der Waals surface area contributed by atoms with Crippen LogP contribution in [-0.4, -0.2) is 0 Å². The lowest BCUT2D eigenvalue weighted by Crippen LogP contribution is -1.93. The van der Waals surface area contributed by atoms with Crippen LogP contribution < -0.4 is 0 Å². The third-order valence-electron chi connectivity index (χ3n) is 10.5. The molecule has 0 saturated heterocycles. The predicted molar refractivity (Wildman–Crippen MR) is 216 cm³/mol. The summed E-state index contributed by atoms with van der Waals surface area (Å²) in [5, 5.41) is 12.8. The molecule has 0 aliphatic carbocycles. The fourth-order valence-corrected chi connectivity index (χ4v) is 8.22. The van der Waals surface area contributed by atoms with Gasteiger partial charge in [-0.3, -0.25) is 0 Å². The van der Waals surface area contributed by atoms with Crippen LogP contribution in [-0.2, 0) is 0 Å². The van der Waals surface area contributed by atoms with Crippen molar-refractivity contribution in [1.29, 1.82) is 0 Å². The highest BCUT2D eigenvalue weighted by molar-refractivity contribution is 6.26. The van der Waals surface area contributed by atoms with Crippen molar-refractivity contribution in [3.05, 3.63) is 194 Å². The van der Waals surface area contributed by atoms with Gasteiger partial charge in [0.05, 0.1) is 0 Å². The highest BCUT2D eigenvalue weighted by Crippen LogP contribution is 2.47. The van der Waals surface area contributed by atoms with Crippen LogP contribution in [0.15, 0.2) is 194 Å². The Morgan fingerprint density at radius 2 is 0.540 bits per heavy atom. The lowest BCUT2D eigenvalue weighted by atomic mass is 9.83. The molecular formula is C50H32. The number of benzene rings is 10. The van der Waals surface area contributed by atoms with Gasteiger partial charge in [-0.15, -0.1) is 0 Å². The molecule has 0 unspecified atom stereocenters. The average molecular weight is 633 g/mol. The van der Waals surface area contributed by atoms with E-state index in [1.165, 1.54) is 98.4 Å². The van der Waals surface area contributed by atoms with Crippen molar-refractivity contribution >= 4 is 53.9 Å². The van der Waals surface area contributed by atoms with Crippen molar-refractivity contribution < 1.29 is 0 Å². The molecule has 0 bridgehead atoms. The van der Waals surface area contributed by atoms with Crippen LogP contribution in [0.25, 0.3) is 98.4 Å². The van der Waals surface area contributed by atoms with E-state index in [1.807, 2.05) is 0 Å². The van der Waals surface area contributed by atoms with Crippen molar-refractivity contribution in [3.63, 3.8) is 0 Å². The second-order valence-electron chi connectivity index (χ2n) is 13.2. The maximum Gasteiger partial charge on any atom is -0.00201 e. The van der Waals surface area contributed by atoms with Crippen molar-refractivity contribution in [2.24, 2.45) is 0 Å². The van der Waals surface area contributed by atoms with Crippen LogP contribution in [0.1, 0.15) is 0 Å². The normalized spacial score (nSPS) is 11.6. The van der Waals surface area contributed by atoms with Gasteiger partial charge in [-0.05, 0) is 104 Å².